The van der Waals surface area contributed by atoms with Crippen molar-refractivity contribution in [1.82, 2.24) is 0 Å². The van der Waals surface area contributed by atoms with Gasteiger partial charge >= 0.3 is 0 Å². The summed E-state index contributed by atoms with van der Waals surface area (Å²) in [7, 11) is 0. The van der Waals surface area contributed by atoms with Gasteiger partial charge in [0.2, 0.25) is 0 Å². The summed E-state index contributed by atoms with van der Waals surface area (Å²) in [6, 6.07) is 0. The van der Waals surface area contributed by atoms with Gasteiger partial charge in [-0.3, -0.25) is 0 Å². The molecule has 0 amide bonds. The van der Waals surface area contributed by atoms with E-state index in [-0.39, 0.29) is 36.6 Å². The molecule has 36 heavy (non-hydrogen) atoms. The van der Waals surface area contributed by atoms with Gasteiger partial charge in [0.25, 0.3) is 0 Å². The maximum absolute atomic E-state index is 10.3. The fourth-order valence-electron chi connectivity index (χ4n) is 5.98. The monoisotopic (exact) mass is 524 g/mol. The second-order valence-corrected chi connectivity index (χ2v) is 11.2. The molecule has 0 aromatic carbocycles. The molecule has 2 saturated heterocycles. The van der Waals surface area contributed by atoms with Crippen LogP contribution in [0, 0.1) is 17.3 Å². The van der Waals surface area contributed by atoms with Crippen molar-refractivity contribution in [2.24, 2.45) is 17.3 Å². The van der Waals surface area contributed by atoms with Crippen molar-refractivity contribution in [3.05, 3.63) is 0 Å². The third-order valence-corrected chi connectivity index (χ3v) is 8.04. The predicted molar refractivity (Wildman–Crippen MR) is 123 cm³/mol. The van der Waals surface area contributed by atoms with E-state index in [4.69, 9.17) is 18.9 Å². The van der Waals surface area contributed by atoms with Crippen LogP contribution in [0.2, 0.25) is 0 Å². The zero-order valence-corrected chi connectivity index (χ0v) is 21.2. The van der Waals surface area contributed by atoms with Crippen molar-refractivity contribution in [2.45, 2.75) is 114 Å². The lowest BCUT2D eigenvalue weighted by atomic mass is 9.61. The van der Waals surface area contributed by atoms with Crippen molar-refractivity contribution >= 4 is 0 Å². The van der Waals surface area contributed by atoms with E-state index in [2.05, 4.69) is 20.8 Å². The molecule has 2 aliphatic heterocycles. The standard InChI is InChI=1S/C24H44O12/c1-11-6-13(35-23-21(32)19(30)18(29)16(9-26)36-23)7-24(2,3)14(11)5-4-12(8-25)34-22-20(31)17(28)15(27)10-33-22/h11-23,25-32H,4-10H2,1-3H3/t11-,12+,13+,14+,15-,16-,17+,18-,19+,20-,21-,22-,23+/m1/s1. The van der Waals surface area contributed by atoms with Crippen LogP contribution in [0.3, 0.4) is 0 Å². The Morgan fingerprint density at radius 3 is 2.19 bits per heavy atom. The van der Waals surface area contributed by atoms with Crippen molar-refractivity contribution in [3.8, 4) is 0 Å². The lowest BCUT2D eigenvalue weighted by molar-refractivity contribution is -0.316. The Hall–Kier alpha value is -0.480. The minimum absolute atomic E-state index is 0.177. The van der Waals surface area contributed by atoms with E-state index in [1.54, 1.807) is 0 Å². The molecule has 3 rings (SSSR count). The van der Waals surface area contributed by atoms with Gasteiger partial charge in [0.15, 0.2) is 12.6 Å². The number of hydrogen-bond donors (Lipinski definition) is 8. The molecule has 3 fully saturated rings. The fraction of sp³-hybridized carbons (Fsp3) is 1.00. The molecule has 1 aliphatic carbocycles. The molecule has 3 aliphatic rings. The first kappa shape index (κ1) is 30.1. The Balaban J connectivity index is 1.55. The molecule has 2 heterocycles. The van der Waals surface area contributed by atoms with Crippen LogP contribution in [0.5, 0.6) is 0 Å². The molecule has 0 radical (unpaired) electrons. The summed E-state index contributed by atoms with van der Waals surface area (Å²) in [6.45, 7) is 5.32. The average Bonchev–Trinajstić information content (AvgIpc) is 2.82. The summed E-state index contributed by atoms with van der Waals surface area (Å²) >= 11 is 0. The van der Waals surface area contributed by atoms with Crippen LogP contribution in [-0.4, -0.2) is 128 Å². The zero-order valence-electron chi connectivity index (χ0n) is 21.2. The smallest absolute Gasteiger partial charge is 0.186 e. The molecule has 0 aromatic rings. The van der Waals surface area contributed by atoms with Crippen LogP contribution in [0.15, 0.2) is 0 Å². The van der Waals surface area contributed by atoms with Crippen molar-refractivity contribution in [1.29, 1.82) is 0 Å². The molecular weight excluding hydrogens is 480 g/mol. The SMILES string of the molecule is C[C@@H]1C[C@H](O[C@H]2O[C@H](CO)[C@@H](O)[C@H](O)[C@H]2O)CC(C)(C)[C@H]1CC[C@@H](CO)O[C@H]1OC[C@@H](O)[C@H](O)[C@H]1O. The summed E-state index contributed by atoms with van der Waals surface area (Å²) in [5.74, 6) is 0.422. The van der Waals surface area contributed by atoms with Gasteiger partial charge in [-0.05, 0) is 42.9 Å². The third-order valence-electron chi connectivity index (χ3n) is 8.04. The highest BCUT2D eigenvalue weighted by atomic mass is 16.7. The van der Waals surface area contributed by atoms with E-state index in [0.717, 1.165) is 0 Å². The highest BCUT2D eigenvalue weighted by Gasteiger charge is 2.47. The van der Waals surface area contributed by atoms with Gasteiger partial charge in [0.1, 0.15) is 42.7 Å². The second-order valence-electron chi connectivity index (χ2n) is 11.2. The maximum Gasteiger partial charge on any atom is 0.186 e. The topological polar surface area (TPSA) is 199 Å². The highest BCUT2D eigenvalue weighted by Crippen LogP contribution is 2.48. The van der Waals surface area contributed by atoms with Gasteiger partial charge in [0.05, 0.1) is 32.0 Å². The van der Waals surface area contributed by atoms with Crippen molar-refractivity contribution in [2.75, 3.05) is 19.8 Å². The van der Waals surface area contributed by atoms with E-state index in [9.17, 15) is 40.9 Å². The first-order chi connectivity index (χ1) is 16.9. The van der Waals surface area contributed by atoms with Crippen LogP contribution >= 0.6 is 0 Å². The Morgan fingerprint density at radius 2 is 1.58 bits per heavy atom. The first-order valence-electron chi connectivity index (χ1n) is 12.8. The quantitative estimate of drug-likeness (QED) is 0.163. The van der Waals surface area contributed by atoms with Crippen molar-refractivity contribution < 1.29 is 59.8 Å². The van der Waals surface area contributed by atoms with E-state index in [1.807, 2.05) is 0 Å². The summed E-state index contributed by atoms with van der Waals surface area (Å²) in [5, 5.41) is 79.2. The Morgan fingerprint density at radius 1 is 0.917 bits per heavy atom. The number of aliphatic hydroxyl groups excluding tert-OH is 8. The van der Waals surface area contributed by atoms with Crippen LogP contribution in [0.25, 0.3) is 0 Å². The van der Waals surface area contributed by atoms with Crippen LogP contribution < -0.4 is 0 Å². The van der Waals surface area contributed by atoms with Crippen LogP contribution in [-0.2, 0) is 18.9 Å². The number of ether oxygens (including phenoxy) is 4. The van der Waals surface area contributed by atoms with Gasteiger partial charge in [-0.1, -0.05) is 20.8 Å². The molecule has 8 N–H and O–H groups in total. The Bertz CT molecular complexity index is 677. The lowest BCUT2D eigenvalue weighted by Gasteiger charge is -2.48. The first-order valence-corrected chi connectivity index (χ1v) is 12.8. The molecule has 0 bridgehead atoms. The minimum Gasteiger partial charge on any atom is -0.394 e. The fourth-order valence-corrected chi connectivity index (χ4v) is 5.98. The molecule has 12 heteroatoms. The molecule has 0 unspecified atom stereocenters. The molecule has 12 nitrogen and oxygen atoms in total. The largest absolute Gasteiger partial charge is 0.394 e. The zero-order chi connectivity index (χ0) is 26.8. The normalized spacial score (nSPS) is 46.4. The minimum atomic E-state index is -1.49. The second kappa shape index (κ2) is 12.6. The van der Waals surface area contributed by atoms with Gasteiger partial charge in [-0.15, -0.1) is 0 Å². The lowest BCUT2D eigenvalue weighted by Crippen LogP contribution is -2.60. The van der Waals surface area contributed by atoms with E-state index >= 15 is 0 Å². The van der Waals surface area contributed by atoms with Gasteiger partial charge in [-0.25, -0.2) is 0 Å². The van der Waals surface area contributed by atoms with Gasteiger partial charge in [0, 0.05) is 0 Å². The highest BCUT2D eigenvalue weighted by molar-refractivity contribution is 4.94. The maximum atomic E-state index is 10.3. The van der Waals surface area contributed by atoms with Crippen molar-refractivity contribution in [3.63, 3.8) is 0 Å². The van der Waals surface area contributed by atoms with E-state index in [0.29, 0.717) is 25.7 Å². The summed E-state index contributed by atoms with van der Waals surface area (Å²) in [5.41, 5.74) is -0.197. The number of aliphatic hydroxyl groups is 8. The third kappa shape index (κ3) is 6.74. The number of hydrogen-bond acceptors (Lipinski definition) is 12. The predicted octanol–water partition coefficient (Wildman–Crippen LogP) is -2.16. The molecule has 212 valence electrons. The summed E-state index contributed by atoms with van der Waals surface area (Å²) in [6.07, 6.45) is -10.2. The molecule has 1 saturated carbocycles. The van der Waals surface area contributed by atoms with Crippen LogP contribution in [0.4, 0.5) is 0 Å². The number of rotatable bonds is 9. The average molecular weight is 525 g/mol. The summed E-state index contributed by atoms with van der Waals surface area (Å²) < 4.78 is 22.5. The molecule has 13 atom stereocenters. The van der Waals surface area contributed by atoms with Crippen LogP contribution in [0.1, 0.15) is 46.5 Å². The van der Waals surface area contributed by atoms with E-state index < -0.39 is 68.0 Å². The molecule has 0 aromatic heterocycles. The molecular formula is C24H44O12. The Kier molecular flexibility index (Phi) is 10.5. The Labute approximate surface area is 211 Å². The van der Waals surface area contributed by atoms with Gasteiger partial charge in [-0.2, -0.15) is 0 Å². The molecule has 0 spiro atoms. The van der Waals surface area contributed by atoms with Gasteiger partial charge < -0.3 is 59.8 Å². The summed E-state index contributed by atoms with van der Waals surface area (Å²) in [4.78, 5) is 0. The van der Waals surface area contributed by atoms with E-state index in [1.165, 1.54) is 0 Å².